The van der Waals surface area contributed by atoms with E-state index in [1.165, 1.54) is 37.8 Å². The van der Waals surface area contributed by atoms with E-state index in [0.29, 0.717) is 0 Å². The Labute approximate surface area is 114 Å². The molecule has 1 heterocycles. The third-order valence-electron chi connectivity index (χ3n) is 3.86. The minimum absolute atomic E-state index is 1.01. The quantitative estimate of drug-likeness (QED) is 0.667. The van der Waals surface area contributed by atoms with Crippen molar-refractivity contribution in [2.45, 2.75) is 6.42 Å². The molecule has 4 rings (SSSR count). The number of aromatic nitrogens is 1. The molecule has 0 aliphatic heterocycles. The van der Waals surface area contributed by atoms with Crippen molar-refractivity contribution in [1.82, 2.24) is 4.57 Å². The van der Waals surface area contributed by atoms with Crippen molar-refractivity contribution >= 4 is 38.5 Å². The van der Waals surface area contributed by atoms with Crippen LogP contribution in [0.25, 0.3) is 22.6 Å². The van der Waals surface area contributed by atoms with Crippen molar-refractivity contribution in [2.75, 3.05) is 0 Å². The highest BCUT2D eigenvalue weighted by molar-refractivity contribution is 9.11. The molecule has 1 aromatic heterocycles. The Morgan fingerprint density at radius 3 is 2.89 bits per heavy atom. The van der Waals surface area contributed by atoms with E-state index < -0.39 is 0 Å². The maximum Gasteiger partial charge on any atom is 0.0565 e. The Balaban J connectivity index is 2.10. The van der Waals surface area contributed by atoms with Crippen LogP contribution in [0.4, 0.5) is 0 Å². The summed E-state index contributed by atoms with van der Waals surface area (Å²) < 4.78 is 3.57. The minimum atomic E-state index is 1.01. The smallest absolute Gasteiger partial charge is 0.0565 e. The summed E-state index contributed by atoms with van der Waals surface area (Å²) in [4.78, 5) is 0. The lowest BCUT2D eigenvalue weighted by Crippen LogP contribution is -1.97. The monoisotopic (exact) mass is 297 g/mol. The predicted octanol–water partition coefficient (Wildman–Crippen LogP) is 4.64. The first-order chi connectivity index (χ1) is 8.75. The first kappa shape index (κ1) is 10.4. The zero-order valence-electron chi connectivity index (χ0n) is 10.1. The fourth-order valence-electron chi connectivity index (χ4n) is 3.05. The number of hydrogen-bond donors (Lipinski definition) is 0. The molecule has 2 aliphatic carbocycles. The van der Waals surface area contributed by atoms with Gasteiger partial charge in [0.15, 0.2) is 0 Å². The number of halogens is 1. The highest BCUT2D eigenvalue weighted by atomic mass is 79.9. The highest BCUT2D eigenvalue weighted by Gasteiger charge is 2.26. The van der Waals surface area contributed by atoms with Gasteiger partial charge in [0.1, 0.15) is 0 Å². The van der Waals surface area contributed by atoms with Crippen molar-refractivity contribution in [3.63, 3.8) is 0 Å². The lowest BCUT2D eigenvalue weighted by Gasteiger charge is -2.12. The van der Waals surface area contributed by atoms with E-state index in [4.69, 9.17) is 0 Å². The van der Waals surface area contributed by atoms with Crippen LogP contribution in [-0.2, 0) is 7.05 Å². The molecule has 0 amide bonds. The minimum Gasteiger partial charge on any atom is -0.343 e. The second-order valence-corrected chi connectivity index (χ2v) is 5.90. The molecule has 1 aromatic carbocycles. The van der Waals surface area contributed by atoms with Crippen molar-refractivity contribution in [2.24, 2.45) is 7.05 Å². The van der Waals surface area contributed by atoms with E-state index in [-0.39, 0.29) is 0 Å². The number of nitrogens with zero attached hydrogens (tertiary/aromatic N) is 1. The van der Waals surface area contributed by atoms with Gasteiger partial charge in [-0.3, -0.25) is 0 Å². The maximum absolute atomic E-state index is 3.59. The van der Waals surface area contributed by atoms with Gasteiger partial charge in [0.05, 0.1) is 5.69 Å². The summed E-state index contributed by atoms with van der Waals surface area (Å²) >= 11 is 3.59. The Bertz CT molecular complexity index is 772. The largest absolute Gasteiger partial charge is 0.343 e. The van der Waals surface area contributed by atoms with Crippen LogP contribution in [0.5, 0.6) is 0 Å². The van der Waals surface area contributed by atoms with Gasteiger partial charge in [0, 0.05) is 35.5 Å². The maximum atomic E-state index is 3.59. The number of fused-ring (bicyclic) bond motifs is 5. The van der Waals surface area contributed by atoms with Crippen LogP contribution in [0.15, 0.2) is 46.5 Å². The molecule has 0 fully saturated rings. The standard InChI is InChI=1S/C16H12BrN/c1-18-15-5-3-2-4-13(15)14-9-10-8-11(17)6-7-12(10)16(14)18/h2-7,9H,8H2,1H3. The van der Waals surface area contributed by atoms with Crippen LogP contribution in [0.3, 0.4) is 0 Å². The summed E-state index contributed by atoms with van der Waals surface area (Å²) in [6.45, 7) is 0. The summed E-state index contributed by atoms with van der Waals surface area (Å²) in [6.07, 6.45) is 7.75. The Morgan fingerprint density at radius 2 is 2.00 bits per heavy atom. The van der Waals surface area contributed by atoms with Crippen LogP contribution >= 0.6 is 15.9 Å². The van der Waals surface area contributed by atoms with Crippen molar-refractivity contribution in [3.8, 4) is 0 Å². The lowest BCUT2D eigenvalue weighted by atomic mass is 10.0. The Kier molecular flexibility index (Phi) is 2.01. The van der Waals surface area contributed by atoms with Crippen LogP contribution < -0.4 is 0 Å². The second-order valence-electron chi connectivity index (χ2n) is 4.88. The number of rotatable bonds is 0. The summed E-state index contributed by atoms with van der Waals surface area (Å²) in [7, 11) is 2.16. The van der Waals surface area contributed by atoms with Crippen LogP contribution in [0.2, 0.25) is 0 Å². The van der Waals surface area contributed by atoms with Crippen LogP contribution in [0, 0.1) is 0 Å². The van der Waals surface area contributed by atoms with Gasteiger partial charge >= 0.3 is 0 Å². The van der Waals surface area contributed by atoms with Gasteiger partial charge in [-0.15, -0.1) is 0 Å². The SMILES string of the molecule is Cn1c2c(c3ccccc31)C=C1CC(Br)=CC=C12. The number of benzene rings is 1. The molecule has 2 aliphatic rings. The van der Waals surface area contributed by atoms with Crippen molar-refractivity contribution in [3.05, 3.63) is 57.7 Å². The second kappa shape index (κ2) is 3.48. The molecule has 0 spiro atoms. The zero-order chi connectivity index (χ0) is 12.3. The third-order valence-corrected chi connectivity index (χ3v) is 4.40. The van der Waals surface area contributed by atoms with Gasteiger partial charge in [-0.1, -0.05) is 46.3 Å². The number of allylic oxidation sites excluding steroid dienone is 5. The molecule has 0 atom stereocenters. The van der Waals surface area contributed by atoms with Gasteiger partial charge < -0.3 is 4.57 Å². The predicted molar refractivity (Wildman–Crippen MR) is 80.5 cm³/mol. The van der Waals surface area contributed by atoms with E-state index in [9.17, 15) is 0 Å². The van der Waals surface area contributed by atoms with Gasteiger partial charge in [-0.05, 0) is 22.2 Å². The van der Waals surface area contributed by atoms with Crippen molar-refractivity contribution < 1.29 is 0 Å². The molecule has 88 valence electrons. The molecule has 18 heavy (non-hydrogen) atoms. The van der Waals surface area contributed by atoms with Crippen LogP contribution in [-0.4, -0.2) is 4.57 Å². The summed E-state index contributed by atoms with van der Waals surface area (Å²) in [6, 6.07) is 8.63. The molecule has 0 unspecified atom stereocenters. The van der Waals surface area contributed by atoms with Gasteiger partial charge in [-0.25, -0.2) is 0 Å². The first-order valence-electron chi connectivity index (χ1n) is 6.11. The molecule has 0 saturated heterocycles. The summed E-state index contributed by atoms with van der Waals surface area (Å²) in [5.74, 6) is 0. The average Bonchev–Trinajstić information content (AvgIpc) is 2.87. The molecule has 0 saturated carbocycles. The molecular weight excluding hydrogens is 286 g/mol. The van der Waals surface area contributed by atoms with E-state index in [1.54, 1.807) is 0 Å². The molecule has 2 aromatic rings. The van der Waals surface area contributed by atoms with E-state index in [2.05, 4.69) is 70.0 Å². The zero-order valence-corrected chi connectivity index (χ0v) is 11.7. The van der Waals surface area contributed by atoms with E-state index in [0.717, 1.165) is 6.42 Å². The van der Waals surface area contributed by atoms with Gasteiger partial charge in [-0.2, -0.15) is 0 Å². The third kappa shape index (κ3) is 1.21. The molecular formula is C16H12BrN. The highest BCUT2D eigenvalue weighted by Crippen LogP contribution is 2.45. The number of aryl methyl sites for hydroxylation is 1. The van der Waals surface area contributed by atoms with Gasteiger partial charge in [0.2, 0.25) is 0 Å². The lowest BCUT2D eigenvalue weighted by molar-refractivity contribution is 0.947. The molecule has 2 heteroatoms. The fourth-order valence-corrected chi connectivity index (χ4v) is 3.48. The Morgan fingerprint density at radius 1 is 1.17 bits per heavy atom. The fraction of sp³-hybridized carbons (Fsp3) is 0.125. The summed E-state index contributed by atoms with van der Waals surface area (Å²) in [5, 5.41) is 1.36. The summed E-state index contributed by atoms with van der Waals surface area (Å²) in [5.41, 5.74) is 6.86. The molecule has 0 bridgehead atoms. The Hall–Kier alpha value is -1.54. The van der Waals surface area contributed by atoms with Crippen LogP contribution in [0.1, 0.15) is 17.7 Å². The number of hydrogen-bond acceptors (Lipinski definition) is 0. The van der Waals surface area contributed by atoms with Crippen molar-refractivity contribution in [1.29, 1.82) is 0 Å². The van der Waals surface area contributed by atoms with E-state index in [1.807, 2.05) is 0 Å². The molecule has 0 radical (unpaired) electrons. The molecule has 0 N–H and O–H groups in total. The van der Waals surface area contributed by atoms with Gasteiger partial charge in [0.25, 0.3) is 0 Å². The molecule has 1 nitrogen and oxygen atoms in total. The topological polar surface area (TPSA) is 4.93 Å². The first-order valence-corrected chi connectivity index (χ1v) is 6.90. The number of para-hydroxylation sites is 1. The average molecular weight is 298 g/mol. The van der Waals surface area contributed by atoms with E-state index >= 15 is 0 Å². The normalized spacial score (nSPS) is 17.1.